The molecular weight excluding hydrogens is 180 g/mol. The van der Waals surface area contributed by atoms with Gasteiger partial charge in [-0.05, 0) is 20.4 Å². The number of hydrogen-bond donors (Lipinski definition) is 2. The molecular formula is C10H22N2O2. The third-order valence-corrected chi connectivity index (χ3v) is 1.86. The minimum atomic E-state index is -0.0259. The van der Waals surface area contributed by atoms with Crippen molar-refractivity contribution in [3.63, 3.8) is 0 Å². The van der Waals surface area contributed by atoms with Crippen LogP contribution in [0.1, 0.15) is 26.7 Å². The molecule has 0 aliphatic heterocycles. The van der Waals surface area contributed by atoms with E-state index in [4.69, 9.17) is 4.74 Å². The summed E-state index contributed by atoms with van der Waals surface area (Å²) in [4.78, 5) is 11.2. The average Bonchev–Trinajstić information content (AvgIpc) is 2.13. The molecule has 4 heteroatoms. The van der Waals surface area contributed by atoms with E-state index >= 15 is 0 Å². The van der Waals surface area contributed by atoms with Crippen molar-refractivity contribution in [2.45, 2.75) is 32.7 Å². The van der Waals surface area contributed by atoms with Crippen LogP contribution in [0.2, 0.25) is 0 Å². The van der Waals surface area contributed by atoms with Gasteiger partial charge in [0.25, 0.3) is 0 Å². The molecule has 84 valence electrons. The van der Waals surface area contributed by atoms with Crippen LogP contribution in [0.4, 0.5) is 0 Å². The lowest BCUT2D eigenvalue weighted by Gasteiger charge is -2.12. The first kappa shape index (κ1) is 13.4. The summed E-state index contributed by atoms with van der Waals surface area (Å²) >= 11 is 0. The molecule has 1 amide bonds. The second-order valence-electron chi connectivity index (χ2n) is 3.41. The number of carbonyl (C=O) groups is 1. The van der Waals surface area contributed by atoms with Gasteiger partial charge < -0.3 is 15.4 Å². The molecule has 0 radical (unpaired) electrons. The highest BCUT2D eigenvalue weighted by Gasteiger charge is 2.05. The Bertz CT molecular complexity index is 151. The number of rotatable bonds is 8. The molecule has 0 bridgehead atoms. The lowest BCUT2D eigenvalue weighted by atomic mass is 10.2. The zero-order valence-corrected chi connectivity index (χ0v) is 9.43. The number of hydrogen-bond acceptors (Lipinski definition) is 3. The van der Waals surface area contributed by atoms with Crippen LogP contribution in [0.5, 0.6) is 0 Å². The fourth-order valence-corrected chi connectivity index (χ4v) is 1.16. The van der Waals surface area contributed by atoms with Crippen molar-refractivity contribution in [3.05, 3.63) is 0 Å². The molecule has 0 aliphatic carbocycles. The summed E-state index contributed by atoms with van der Waals surface area (Å²) in [5.74, 6) is -0.0259. The van der Waals surface area contributed by atoms with Crippen molar-refractivity contribution in [2.24, 2.45) is 0 Å². The highest BCUT2D eigenvalue weighted by Crippen LogP contribution is 1.94. The van der Waals surface area contributed by atoms with Crippen molar-refractivity contribution >= 4 is 5.91 Å². The molecule has 4 nitrogen and oxygen atoms in total. The SMILES string of the molecule is CCCC(C)NC(=O)COCCNC. The molecule has 14 heavy (non-hydrogen) atoms. The van der Waals surface area contributed by atoms with E-state index in [0.29, 0.717) is 6.61 Å². The van der Waals surface area contributed by atoms with Gasteiger partial charge in [0.05, 0.1) is 6.61 Å². The average molecular weight is 202 g/mol. The Hall–Kier alpha value is -0.610. The Morgan fingerprint density at radius 3 is 2.79 bits per heavy atom. The smallest absolute Gasteiger partial charge is 0.246 e. The van der Waals surface area contributed by atoms with Crippen molar-refractivity contribution in [1.82, 2.24) is 10.6 Å². The van der Waals surface area contributed by atoms with E-state index in [1.165, 1.54) is 0 Å². The van der Waals surface area contributed by atoms with Crippen LogP contribution in [-0.4, -0.2) is 38.8 Å². The van der Waals surface area contributed by atoms with E-state index in [1.54, 1.807) is 0 Å². The van der Waals surface area contributed by atoms with Crippen molar-refractivity contribution in [1.29, 1.82) is 0 Å². The van der Waals surface area contributed by atoms with Gasteiger partial charge in [-0.25, -0.2) is 0 Å². The summed E-state index contributed by atoms with van der Waals surface area (Å²) in [6, 6.07) is 0.250. The van der Waals surface area contributed by atoms with E-state index < -0.39 is 0 Å². The maximum Gasteiger partial charge on any atom is 0.246 e. The first-order valence-electron chi connectivity index (χ1n) is 5.22. The fourth-order valence-electron chi connectivity index (χ4n) is 1.16. The second-order valence-corrected chi connectivity index (χ2v) is 3.41. The van der Waals surface area contributed by atoms with Crippen molar-refractivity contribution in [3.8, 4) is 0 Å². The zero-order valence-electron chi connectivity index (χ0n) is 9.43. The minimum absolute atomic E-state index is 0.0259. The van der Waals surface area contributed by atoms with Crippen molar-refractivity contribution < 1.29 is 9.53 Å². The van der Waals surface area contributed by atoms with Gasteiger partial charge in [-0.1, -0.05) is 13.3 Å². The Labute approximate surface area is 86.4 Å². The van der Waals surface area contributed by atoms with Crippen LogP contribution in [0, 0.1) is 0 Å². The van der Waals surface area contributed by atoms with Gasteiger partial charge in [0.1, 0.15) is 6.61 Å². The lowest BCUT2D eigenvalue weighted by molar-refractivity contribution is -0.126. The molecule has 2 N–H and O–H groups in total. The van der Waals surface area contributed by atoms with E-state index in [1.807, 2.05) is 14.0 Å². The van der Waals surface area contributed by atoms with Gasteiger partial charge >= 0.3 is 0 Å². The maximum absolute atomic E-state index is 11.2. The summed E-state index contributed by atoms with van der Waals surface area (Å²) in [6.07, 6.45) is 2.10. The molecule has 0 heterocycles. The molecule has 0 aliphatic rings. The summed E-state index contributed by atoms with van der Waals surface area (Å²) in [5, 5.41) is 5.82. The largest absolute Gasteiger partial charge is 0.370 e. The van der Waals surface area contributed by atoms with Crippen LogP contribution in [-0.2, 0) is 9.53 Å². The second kappa shape index (κ2) is 8.97. The first-order chi connectivity index (χ1) is 6.70. The predicted octanol–water partition coefficient (Wildman–Crippen LogP) is 0.527. The summed E-state index contributed by atoms with van der Waals surface area (Å²) in [7, 11) is 1.85. The van der Waals surface area contributed by atoms with Crippen LogP contribution in [0.25, 0.3) is 0 Å². The molecule has 0 saturated heterocycles. The van der Waals surface area contributed by atoms with Gasteiger partial charge in [0.2, 0.25) is 5.91 Å². The van der Waals surface area contributed by atoms with Crippen LogP contribution >= 0.6 is 0 Å². The van der Waals surface area contributed by atoms with Gasteiger partial charge in [-0.2, -0.15) is 0 Å². The number of likely N-dealkylation sites (N-methyl/N-ethyl adjacent to an activating group) is 1. The zero-order chi connectivity index (χ0) is 10.8. The number of nitrogens with one attached hydrogen (secondary N) is 2. The summed E-state index contributed by atoms with van der Waals surface area (Å²) in [5.41, 5.74) is 0. The standard InChI is InChI=1S/C10H22N2O2/c1-4-5-9(2)12-10(13)8-14-7-6-11-3/h9,11H,4-8H2,1-3H3,(H,12,13). The molecule has 1 unspecified atom stereocenters. The predicted molar refractivity (Wildman–Crippen MR) is 57.3 cm³/mol. The van der Waals surface area contributed by atoms with E-state index in [0.717, 1.165) is 19.4 Å². The molecule has 0 aromatic heterocycles. The highest BCUT2D eigenvalue weighted by molar-refractivity contribution is 5.77. The summed E-state index contributed by atoms with van der Waals surface area (Å²) < 4.78 is 5.14. The molecule has 0 fully saturated rings. The Balaban J connectivity index is 3.35. The fraction of sp³-hybridized carbons (Fsp3) is 0.900. The minimum Gasteiger partial charge on any atom is -0.370 e. The van der Waals surface area contributed by atoms with Gasteiger partial charge in [-0.3, -0.25) is 4.79 Å². The van der Waals surface area contributed by atoms with Crippen LogP contribution in [0.3, 0.4) is 0 Å². The number of ether oxygens (including phenoxy) is 1. The Kier molecular flexibility index (Phi) is 8.57. The number of amides is 1. The van der Waals surface area contributed by atoms with E-state index in [-0.39, 0.29) is 18.6 Å². The topological polar surface area (TPSA) is 50.4 Å². The third-order valence-electron chi connectivity index (χ3n) is 1.86. The van der Waals surface area contributed by atoms with Gasteiger partial charge in [0.15, 0.2) is 0 Å². The highest BCUT2D eigenvalue weighted by atomic mass is 16.5. The van der Waals surface area contributed by atoms with Crippen LogP contribution < -0.4 is 10.6 Å². The molecule has 1 atom stereocenters. The lowest BCUT2D eigenvalue weighted by Crippen LogP contribution is -2.35. The molecule has 0 aromatic carbocycles. The summed E-state index contributed by atoms with van der Waals surface area (Å²) in [6.45, 7) is 5.63. The maximum atomic E-state index is 11.2. The van der Waals surface area contributed by atoms with Crippen molar-refractivity contribution in [2.75, 3.05) is 26.8 Å². The van der Waals surface area contributed by atoms with Gasteiger partial charge in [-0.15, -0.1) is 0 Å². The van der Waals surface area contributed by atoms with Crippen LogP contribution in [0.15, 0.2) is 0 Å². The Morgan fingerprint density at radius 2 is 2.21 bits per heavy atom. The van der Waals surface area contributed by atoms with E-state index in [9.17, 15) is 4.79 Å². The number of carbonyl (C=O) groups excluding carboxylic acids is 1. The Morgan fingerprint density at radius 1 is 1.50 bits per heavy atom. The molecule has 0 saturated carbocycles. The quantitative estimate of drug-likeness (QED) is 0.564. The van der Waals surface area contributed by atoms with E-state index in [2.05, 4.69) is 17.6 Å². The first-order valence-corrected chi connectivity index (χ1v) is 5.22. The molecule has 0 rings (SSSR count). The third kappa shape index (κ3) is 8.01. The monoisotopic (exact) mass is 202 g/mol. The van der Waals surface area contributed by atoms with Gasteiger partial charge in [0, 0.05) is 12.6 Å². The molecule has 0 spiro atoms. The normalized spacial score (nSPS) is 12.5. The molecule has 0 aromatic rings.